The van der Waals surface area contributed by atoms with Gasteiger partial charge in [0.25, 0.3) is 5.91 Å². The number of phenols is 1. The van der Waals surface area contributed by atoms with E-state index in [0.717, 1.165) is 16.6 Å². The molecule has 0 saturated heterocycles. The molecular formula is C16H19BrN2O2S. The summed E-state index contributed by atoms with van der Waals surface area (Å²) in [5.74, 6) is -0.417. The van der Waals surface area contributed by atoms with Crippen molar-refractivity contribution in [2.24, 2.45) is 0 Å². The molecule has 0 atom stereocenters. The largest absolute Gasteiger partial charge is 0.507 e. The molecule has 0 bridgehead atoms. The first kappa shape index (κ1) is 17.0. The summed E-state index contributed by atoms with van der Waals surface area (Å²) in [6.07, 6.45) is 0.877. The van der Waals surface area contributed by atoms with Crippen LogP contribution in [0.3, 0.4) is 0 Å². The van der Waals surface area contributed by atoms with Gasteiger partial charge >= 0.3 is 0 Å². The predicted octanol–water partition coefficient (Wildman–Crippen LogP) is 4.72. The standard InChI is InChI=1S/C16H19BrN2O2S/c1-5-12-13(16(2,3)4)18-15(22-12)19-14(21)10-8-9(17)6-7-11(10)20/h6-8,20H,5H2,1-4H3,(H,18,19,21). The van der Waals surface area contributed by atoms with Crippen LogP contribution in [0.1, 0.15) is 48.6 Å². The quantitative estimate of drug-likeness (QED) is 0.806. The number of rotatable bonds is 3. The van der Waals surface area contributed by atoms with Gasteiger partial charge < -0.3 is 5.11 Å². The zero-order valence-electron chi connectivity index (χ0n) is 13.0. The molecule has 118 valence electrons. The van der Waals surface area contributed by atoms with E-state index >= 15 is 0 Å². The summed E-state index contributed by atoms with van der Waals surface area (Å²) in [5, 5.41) is 13.2. The molecule has 1 amide bonds. The Labute approximate surface area is 142 Å². The zero-order valence-corrected chi connectivity index (χ0v) is 15.4. The van der Waals surface area contributed by atoms with E-state index in [4.69, 9.17) is 0 Å². The van der Waals surface area contributed by atoms with Crippen molar-refractivity contribution in [1.29, 1.82) is 0 Å². The molecule has 1 aromatic carbocycles. The van der Waals surface area contributed by atoms with Crippen LogP contribution < -0.4 is 5.32 Å². The van der Waals surface area contributed by atoms with E-state index in [1.165, 1.54) is 22.3 Å². The maximum absolute atomic E-state index is 12.3. The van der Waals surface area contributed by atoms with Crippen LogP contribution in [0.25, 0.3) is 0 Å². The Bertz CT molecular complexity index is 705. The number of aryl methyl sites for hydroxylation is 1. The molecule has 0 radical (unpaired) electrons. The van der Waals surface area contributed by atoms with Gasteiger partial charge in [-0.2, -0.15) is 0 Å². The summed E-state index contributed by atoms with van der Waals surface area (Å²) in [5.41, 5.74) is 1.16. The number of carbonyl (C=O) groups excluding carboxylic acids is 1. The van der Waals surface area contributed by atoms with Crippen LogP contribution in [0.5, 0.6) is 5.75 Å². The van der Waals surface area contributed by atoms with Crippen molar-refractivity contribution < 1.29 is 9.90 Å². The van der Waals surface area contributed by atoms with Crippen molar-refractivity contribution in [3.63, 3.8) is 0 Å². The highest BCUT2D eigenvalue weighted by molar-refractivity contribution is 9.10. The highest BCUT2D eigenvalue weighted by Gasteiger charge is 2.23. The first-order valence-electron chi connectivity index (χ1n) is 7.02. The van der Waals surface area contributed by atoms with Gasteiger partial charge in [0.2, 0.25) is 0 Å². The molecule has 4 nitrogen and oxygen atoms in total. The Morgan fingerprint density at radius 1 is 1.41 bits per heavy atom. The number of aromatic nitrogens is 1. The normalized spacial score (nSPS) is 11.5. The molecule has 2 N–H and O–H groups in total. The number of benzene rings is 1. The second-order valence-corrected chi connectivity index (χ2v) is 8.01. The number of carbonyl (C=O) groups is 1. The average Bonchev–Trinajstić information content (AvgIpc) is 2.84. The summed E-state index contributed by atoms with van der Waals surface area (Å²) in [6.45, 7) is 8.39. The van der Waals surface area contributed by atoms with Crippen molar-refractivity contribution in [2.75, 3.05) is 5.32 Å². The summed E-state index contributed by atoms with van der Waals surface area (Å²) in [7, 11) is 0. The van der Waals surface area contributed by atoms with Gasteiger partial charge in [0.1, 0.15) is 5.75 Å². The molecule has 2 rings (SSSR count). The van der Waals surface area contributed by atoms with Crippen molar-refractivity contribution in [1.82, 2.24) is 4.98 Å². The molecule has 0 aliphatic heterocycles. The highest BCUT2D eigenvalue weighted by Crippen LogP contribution is 2.33. The minimum atomic E-state index is -0.365. The Morgan fingerprint density at radius 3 is 2.64 bits per heavy atom. The number of aromatic hydroxyl groups is 1. The average molecular weight is 383 g/mol. The van der Waals surface area contributed by atoms with Gasteiger partial charge in [-0.1, -0.05) is 43.6 Å². The maximum Gasteiger partial charge on any atom is 0.261 e. The van der Waals surface area contributed by atoms with E-state index in [2.05, 4.69) is 53.9 Å². The highest BCUT2D eigenvalue weighted by atomic mass is 79.9. The zero-order chi connectivity index (χ0) is 16.5. The molecule has 0 aliphatic rings. The molecule has 22 heavy (non-hydrogen) atoms. The molecule has 2 aromatic rings. The summed E-state index contributed by atoms with van der Waals surface area (Å²) >= 11 is 4.78. The molecule has 0 fully saturated rings. The number of amides is 1. The number of nitrogens with one attached hydrogen (secondary N) is 1. The van der Waals surface area contributed by atoms with Gasteiger partial charge in [0, 0.05) is 14.8 Å². The smallest absolute Gasteiger partial charge is 0.261 e. The lowest BCUT2D eigenvalue weighted by Gasteiger charge is -2.16. The minimum absolute atomic E-state index is 0.0518. The molecule has 0 spiro atoms. The number of thiazole rings is 1. The molecule has 0 aliphatic carbocycles. The molecule has 1 aromatic heterocycles. The fourth-order valence-electron chi connectivity index (χ4n) is 2.09. The van der Waals surface area contributed by atoms with E-state index in [9.17, 15) is 9.90 Å². The third kappa shape index (κ3) is 3.67. The number of hydrogen-bond acceptors (Lipinski definition) is 4. The lowest BCUT2D eigenvalue weighted by molar-refractivity contribution is 0.102. The van der Waals surface area contributed by atoms with Crippen molar-refractivity contribution in [3.05, 3.63) is 38.8 Å². The van der Waals surface area contributed by atoms with Gasteiger partial charge in [-0.25, -0.2) is 4.98 Å². The maximum atomic E-state index is 12.3. The van der Waals surface area contributed by atoms with Crippen LogP contribution in [0.4, 0.5) is 5.13 Å². The third-order valence-corrected chi connectivity index (χ3v) is 4.76. The number of anilines is 1. The molecule has 0 saturated carbocycles. The van der Waals surface area contributed by atoms with Gasteiger partial charge in [-0.3, -0.25) is 10.1 Å². The van der Waals surface area contributed by atoms with Gasteiger partial charge in [-0.05, 0) is 24.6 Å². The summed E-state index contributed by atoms with van der Waals surface area (Å²) in [4.78, 5) is 18.1. The second kappa shape index (κ2) is 6.38. The van der Waals surface area contributed by atoms with Crippen LogP contribution in [0.15, 0.2) is 22.7 Å². The lowest BCUT2D eigenvalue weighted by atomic mass is 9.91. The van der Waals surface area contributed by atoms with Crippen molar-refractivity contribution in [2.45, 2.75) is 39.5 Å². The van der Waals surface area contributed by atoms with Crippen LogP contribution in [-0.4, -0.2) is 16.0 Å². The van der Waals surface area contributed by atoms with E-state index in [1.54, 1.807) is 12.1 Å². The van der Waals surface area contributed by atoms with Crippen LogP contribution in [-0.2, 0) is 11.8 Å². The van der Waals surface area contributed by atoms with Crippen LogP contribution >= 0.6 is 27.3 Å². The Balaban J connectivity index is 2.29. The first-order chi connectivity index (χ1) is 10.2. The predicted molar refractivity (Wildman–Crippen MR) is 94.0 cm³/mol. The van der Waals surface area contributed by atoms with Crippen LogP contribution in [0.2, 0.25) is 0 Å². The van der Waals surface area contributed by atoms with E-state index in [-0.39, 0.29) is 22.6 Å². The van der Waals surface area contributed by atoms with E-state index in [1.807, 2.05) is 0 Å². The van der Waals surface area contributed by atoms with E-state index in [0.29, 0.717) is 5.13 Å². The molecule has 6 heteroatoms. The number of phenolic OH excluding ortho intramolecular Hbond substituents is 1. The fraction of sp³-hybridized carbons (Fsp3) is 0.375. The summed E-state index contributed by atoms with van der Waals surface area (Å²) < 4.78 is 0.735. The van der Waals surface area contributed by atoms with Gasteiger partial charge in [0.15, 0.2) is 5.13 Å². The number of halogens is 1. The Kier molecular flexibility index (Phi) is 4.92. The molecule has 1 heterocycles. The van der Waals surface area contributed by atoms with Gasteiger partial charge in [0.05, 0.1) is 11.3 Å². The van der Waals surface area contributed by atoms with Crippen molar-refractivity contribution >= 4 is 38.3 Å². The number of nitrogens with zero attached hydrogens (tertiary/aromatic N) is 1. The minimum Gasteiger partial charge on any atom is -0.507 e. The van der Waals surface area contributed by atoms with Gasteiger partial charge in [-0.15, -0.1) is 11.3 Å². The topological polar surface area (TPSA) is 62.2 Å². The summed E-state index contributed by atoms with van der Waals surface area (Å²) in [6, 6.07) is 4.75. The molecule has 0 unspecified atom stereocenters. The fourth-order valence-corrected chi connectivity index (χ4v) is 3.55. The first-order valence-corrected chi connectivity index (χ1v) is 8.63. The SMILES string of the molecule is CCc1sc(NC(=O)c2cc(Br)ccc2O)nc1C(C)(C)C. The van der Waals surface area contributed by atoms with E-state index < -0.39 is 0 Å². The Hall–Kier alpha value is -1.40. The second-order valence-electron chi connectivity index (χ2n) is 6.01. The molecular weight excluding hydrogens is 364 g/mol. The van der Waals surface area contributed by atoms with Crippen molar-refractivity contribution in [3.8, 4) is 5.75 Å². The lowest BCUT2D eigenvalue weighted by Crippen LogP contribution is -2.15. The Morgan fingerprint density at radius 2 is 2.09 bits per heavy atom. The van der Waals surface area contributed by atoms with Crippen LogP contribution in [0, 0.1) is 0 Å². The monoisotopic (exact) mass is 382 g/mol. The third-order valence-electron chi connectivity index (χ3n) is 3.15. The number of hydrogen-bond donors (Lipinski definition) is 2.